The zero-order valence-electron chi connectivity index (χ0n) is 25.5. The Morgan fingerprint density at radius 3 is 2.29 bits per heavy atom. The molecule has 228 valence electrons. The molecule has 2 saturated heterocycles. The zero-order chi connectivity index (χ0) is 29.9. The van der Waals surface area contributed by atoms with Crippen LogP contribution in [-0.2, 0) is 25.7 Å². The summed E-state index contributed by atoms with van der Waals surface area (Å²) in [6.07, 6.45) is 6.50. The molecule has 8 heteroatoms. The molecule has 0 spiro atoms. The Kier molecular flexibility index (Phi) is 9.67. The molecule has 5 rings (SSSR count). The van der Waals surface area contributed by atoms with Gasteiger partial charge in [-0.05, 0) is 75.6 Å². The van der Waals surface area contributed by atoms with E-state index < -0.39 is 6.29 Å². The first kappa shape index (κ1) is 30.7. The monoisotopic (exact) mass is 577 g/mol. The first-order valence-corrected chi connectivity index (χ1v) is 15.6. The average molecular weight is 578 g/mol. The number of likely N-dealkylation sites (tertiary alicyclic amines) is 1. The molecule has 2 aromatic carbocycles. The highest BCUT2D eigenvalue weighted by atomic mass is 16.7. The van der Waals surface area contributed by atoms with Crippen LogP contribution in [0.3, 0.4) is 0 Å². The third kappa shape index (κ3) is 7.59. The van der Waals surface area contributed by atoms with Crippen molar-refractivity contribution in [3.8, 4) is 0 Å². The van der Waals surface area contributed by atoms with Gasteiger partial charge in [0, 0.05) is 42.7 Å². The highest BCUT2D eigenvalue weighted by Crippen LogP contribution is 2.42. The third-order valence-electron chi connectivity index (χ3n) is 8.84. The second-order valence-corrected chi connectivity index (χ2v) is 13.3. The van der Waals surface area contributed by atoms with Crippen LogP contribution in [-0.4, -0.2) is 52.1 Å². The maximum atomic E-state index is 13.6. The van der Waals surface area contributed by atoms with Gasteiger partial charge in [0.05, 0.1) is 24.9 Å². The van der Waals surface area contributed by atoms with Gasteiger partial charge in [-0.2, -0.15) is 0 Å². The number of ether oxygens (including phenoxy) is 2. The Labute approximate surface area is 250 Å². The Bertz CT molecular complexity index is 1210. The molecule has 8 nitrogen and oxygen atoms in total. The fraction of sp³-hybridized carbons (Fsp3) is 0.588. The van der Waals surface area contributed by atoms with Gasteiger partial charge in [-0.15, -0.1) is 0 Å². The second-order valence-electron chi connectivity index (χ2n) is 13.3. The standard InChI is InChI=1S/C34H47N3O5/c1-22(39)35-27-16-13-26(14-17-27)33-41-28(19-31(42-33)25-11-9-23(21-38)10-12-25)20-37-29-8-6-5-7-24(29)15-18-30(37)32(40)36-34(2,3)4/h9-14,16-17,24,28-31,33,38H,5-8,15,18-21H2,1-4H3,(H,35,39)(H,36,40)/t24-,28+,29-,30-,31-,33-/m1/s1. The van der Waals surface area contributed by atoms with E-state index in [1.165, 1.54) is 26.2 Å². The van der Waals surface area contributed by atoms with E-state index in [9.17, 15) is 14.7 Å². The lowest BCUT2D eigenvalue weighted by Gasteiger charge is -2.50. The number of aliphatic hydroxyl groups is 1. The molecular weight excluding hydrogens is 530 g/mol. The number of nitrogens with zero attached hydrogens (tertiary/aromatic N) is 1. The summed E-state index contributed by atoms with van der Waals surface area (Å²) in [5, 5.41) is 15.6. The van der Waals surface area contributed by atoms with Crippen LogP contribution in [0.1, 0.15) is 102 Å². The van der Waals surface area contributed by atoms with Crippen molar-refractivity contribution in [3.05, 3.63) is 65.2 Å². The molecule has 3 N–H and O–H groups in total. The minimum atomic E-state index is -0.591. The van der Waals surface area contributed by atoms with Crippen LogP contribution in [0.4, 0.5) is 5.69 Å². The number of fused-ring (bicyclic) bond motifs is 1. The van der Waals surface area contributed by atoms with Crippen LogP contribution in [0.5, 0.6) is 0 Å². The van der Waals surface area contributed by atoms with E-state index in [4.69, 9.17) is 9.47 Å². The number of amides is 2. The molecule has 2 heterocycles. The van der Waals surface area contributed by atoms with E-state index in [2.05, 4.69) is 15.5 Å². The van der Waals surface area contributed by atoms with Gasteiger partial charge >= 0.3 is 0 Å². The summed E-state index contributed by atoms with van der Waals surface area (Å²) in [6.45, 7) is 8.27. The van der Waals surface area contributed by atoms with E-state index in [0.29, 0.717) is 24.9 Å². The average Bonchev–Trinajstić information content (AvgIpc) is 2.96. The van der Waals surface area contributed by atoms with Crippen molar-refractivity contribution < 1.29 is 24.2 Å². The summed E-state index contributed by atoms with van der Waals surface area (Å²) in [7, 11) is 0. The predicted octanol–water partition coefficient (Wildman–Crippen LogP) is 5.62. The normalized spacial score (nSPS) is 28.5. The highest BCUT2D eigenvalue weighted by Gasteiger charge is 2.44. The van der Waals surface area contributed by atoms with Crippen molar-refractivity contribution in [3.63, 3.8) is 0 Å². The number of aliphatic hydroxyl groups excluding tert-OH is 1. The van der Waals surface area contributed by atoms with Crippen LogP contribution in [0, 0.1) is 5.92 Å². The Hall–Kier alpha value is -2.78. The van der Waals surface area contributed by atoms with E-state index >= 15 is 0 Å². The van der Waals surface area contributed by atoms with Gasteiger partial charge in [-0.25, -0.2) is 0 Å². The fourth-order valence-electron chi connectivity index (χ4n) is 6.92. The minimum absolute atomic E-state index is 0.00363. The molecule has 3 aliphatic rings. The molecule has 3 fully saturated rings. The lowest BCUT2D eigenvalue weighted by atomic mass is 9.75. The largest absolute Gasteiger partial charge is 0.392 e. The number of hydrogen-bond acceptors (Lipinski definition) is 6. The quantitative estimate of drug-likeness (QED) is 0.395. The Balaban J connectivity index is 1.41. The molecule has 0 unspecified atom stereocenters. The smallest absolute Gasteiger partial charge is 0.237 e. The summed E-state index contributed by atoms with van der Waals surface area (Å²) < 4.78 is 13.2. The number of benzene rings is 2. The van der Waals surface area contributed by atoms with Crippen molar-refractivity contribution in [1.82, 2.24) is 10.2 Å². The SMILES string of the molecule is CC(=O)Nc1ccc([C@@H]2O[C@H](CN3[C@@H](C(=O)NC(C)(C)C)CC[C@H]4CCCC[C@H]43)C[C@H](c3ccc(CO)cc3)O2)cc1. The summed E-state index contributed by atoms with van der Waals surface area (Å²) in [4.78, 5) is 27.6. The number of anilines is 1. The molecule has 2 amide bonds. The van der Waals surface area contributed by atoms with Crippen LogP contribution >= 0.6 is 0 Å². The van der Waals surface area contributed by atoms with Crippen LogP contribution in [0.2, 0.25) is 0 Å². The number of rotatable bonds is 7. The van der Waals surface area contributed by atoms with Gasteiger partial charge in [-0.1, -0.05) is 49.2 Å². The van der Waals surface area contributed by atoms with Crippen LogP contribution in [0.25, 0.3) is 0 Å². The van der Waals surface area contributed by atoms with Gasteiger partial charge in [0.2, 0.25) is 11.8 Å². The van der Waals surface area contributed by atoms with Gasteiger partial charge in [-0.3, -0.25) is 14.5 Å². The Morgan fingerprint density at radius 1 is 0.929 bits per heavy atom. The molecule has 0 aromatic heterocycles. The van der Waals surface area contributed by atoms with Crippen LogP contribution < -0.4 is 10.6 Å². The molecule has 2 aromatic rings. The van der Waals surface area contributed by atoms with Gasteiger partial charge in [0.25, 0.3) is 0 Å². The van der Waals surface area contributed by atoms with Crippen molar-refractivity contribution in [2.24, 2.45) is 5.92 Å². The van der Waals surface area contributed by atoms with E-state index in [0.717, 1.165) is 41.6 Å². The lowest BCUT2D eigenvalue weighted by molar-refractivity contribution is -0.255. The summed E-state index contributed by atoms with van der Waals surface area (Å²) in [6, 6.07) is 15.7. The second kappa shape index (κ2) is 13.2. The number of piperidine rings is 1. The number of nitrogens with one attached hydrogen (secondary N) is 2. The van der Waals surface area contributed by atoms with E-state index in [1.54, 1.807) is 0 Å². The highest BCUT2D eigenvalue weighted by molar-refractivity contribution is 5.88. The topological polar surface area (TPSA) is 100 Å². The van der Waals surface area contributed by atoms with Gasteiger partial charge in [0.15, 0.2) is 6.29 Å². The van der Waals surface area contributed by atoms with E-state index in [-0.39, 0.29) is 42.2 Å². The first-order chi connectivity index (χ1) is 20.1. The van der Waals surface area contributed by atoms with Crippen molar-refractivity contribution in [2.45, 2.75) is 115 Å². The van der Waals surface area contributed by atoms with Crippen molar-refractivity contribution in [1.29, 1.82) is 0 Å². The molecule has 42 heavy (non-hydrogen) atoms. The van der Waals surface area contributed by atoms with Crippen LogP contribution in [0.15, 0.2) is 48.5 Å². The molecule has 1 aliphatic carbocycles. The molecule has 2 aliphatic heterocycles. The third-order valence-corrected chi connectivity index (χ3v) is 8.84. The number of carbonyl (C=O) groups is 2. The van der Waals surface area contributed by atoms with Gasteiger partial charge in [0.1, 0.15) is 0 Å². The number of carbonyl (C=O) groups excluding carboxylic acids is 2. The number of hydrogen-bond donors (Lipinski definition) is 3. The van der Waals surface area contributed by atoms with E-state index in [1.807, 2.05) is 69.3 Å². The van der Waals surface area contributed by atoms with Crippen molar-refractivity contribution in [2.75, 3.05) is 11.9 Å². The maximum absolute atomic E-state index is 13.6. The maximum Gasteiger partial charge on any atom is 0.237 e. The summed E-state index contributed by atoms with van der Waals surface area (Å²) in [5.41, 5.74) is 3.20. The summed E-state index contributed by atoms with van der Waals surface area (Å²) in [5.74, 6) is 0.614. The molecule has 6 atom stereocenters. The first-order valence-electron chi connectivity index (χ1n) is 15.6. The molecule has 0 bridgehead atoms. The summed E-state index contributed by atoms with van der Waals surface area (Å²) >= 11 is 0. The molecule has 0 radical (unpaired) electrons. The predicted molar refractivity (Wildman–Crippen MR) is 163 cm³/mol. The minimum Gasteiger partial charge on any atom is -0.392 e. The Morgan fingerprint density at radius 2 is 1.62 bits per heavy atom. The molecule has 1 saturated carbocycles. The fourth-order valence-corrected chi connectivity index (χ4v) is 6.92. The van der Waals surface area contributed by atoms with Crippen molar-refractivity contribution >= 4 is 17.5 Å². The zero-order valence-corrected chi connectivity index (χ0v) is 25.5. The molecular formula is C34H47N3O5. The lowest BCUT2D eigenvalue weighted by Crippen LogP contribution is -2.61. The van der Waals surface area contributed by atoms with Gasteiger partial charge < -0.3 is 25.2 Å².